The van der Waals surface area contributed by atoms with Crippen LogP contribution in [-0.4, -0.2) is 80.3 Å². The van der Waals surface area contributed by atoms with Crippen molar-refractivity contribution in [1.82, 2.24) is 15.5 Å². The van der Waals surface area contributed by atoms with Gasteiger partial charge in [0.1, 0.15) is 6.10 Å². The molecule has 3 rings (SSSR count). The summed E-state index contributed by atoms with van der Waals surface area (Å²) in [6, 6.07) is 6.54. The van der Waals surface area contributed by atoms with Crippen LogP contribution in [0.4, 0.5) is 33.7 Å². The maximum atomic E-state index is 15.3. The van der Waals surface area contributed by atoms with Crippen LogP contribution >= 0.6 is 0 Å². The van der Waals surface area contributed by atoms with E-state index >= 15 is 4.39 Å². The van der Waals surface area contributed by atoms with E-state index in [1.165, 1.54) is 11.8 Å². The Hall–Kier alpha value is -3.09. The second-order valence-corrected chi connectivity index (χ2v) is 8.06. The van der Waals surface area contributed by atoms with Crippen molar-refractivity contribution in [3.05, 3.63) is 24.3 Å². The lowest BCUT2D eigenvalue weighted by atomic mass is 10.1. The number of rotatable bonds is 7. The van der Waals surface area contributed by atoms with Crippen molar-refractivity contribution in [1.29, 1.82) is 0 Å². The number of piperazine rings is 1. The summed E-state index contributed by atoms with van der Waals surface area (Å²) < 4.78 is 60.3. The zero-order valence-electron chi connectivity index (χ0n) is 18.1. The molecule has 2 heterocycles. The Labute approximate surface area is 187 Å². The van der Waals surface area contributed by atoms with Crippen molar-refractivity contribution in [2.24, 2.45) is 0 Å². The topological polar surface area (TPSA) is 94.2 Å². The number of cyclic esters (lactones) is 1. The highest BCUT2D eigenvalue weighted by Gasteiger charge is 2.52. The first-order valence-electron chi connectivity index (χ1n) is 10.2. The summed E-state index contributed by atoms with van der Waals surface area (Å²) in [5.41, 5.74) is 1.10. The molecule has 0 aliphatic carbocycles. The lowest BCUT2D eigenvalue weighted by molar-refractivity contribution is -0.223. The molecule has 2 N–H and O–H groups in total. The molecular formula is C20H25F4N5O4. The minimum absolute atomic E-state index is 0.0938. The molecule has 0 radical (unpaired) electrons. The van der Waals surface area contributed by atoms with E-state index < -0.39 is 30.3 Å². The lowest BCUT2D eigenvalue weighted by Crippen LogP contribution is -2.67. The molecule has 1 aromatic carbocycles. The predicted molar refractivity (Wildman–Crippen MR) is 110 cm³/mol. The predicted octanol–water partition coefficient (Wildman–Crippen LogP) is 1.59. The van der Waals surface area contributed by atoms with Crippen LogP contribution in [0.2, 0.25) is 0 Å². The van der Waals surface area contributed by atoms with E-state index in [2.05, 4.69) is 5.32 Å². The monoisotopic (exact) mass is 475 g/mol. The normalized spacial score (nSPS) is 24.9. The first kappa shape index (κ1) is 24.6. The van der Waals surface area contributed by atoms with Crippen molar-refractivity contribution < 1.29 is 36.7 Å². The highest BCUT2D eigenvalue weighted by Crippen LogP contribution is 2.34. The van der Waals surface area contributed by atoms with Gasteiger partial charge in [-0.1, -0.05) is 0 Å². The van der Waals surface area contributed by atoms with E-state index in [0.29, 0.717) is 16.3 Å². The molecule has 1 aromatic rings. The largest absolute Gasteiger partial charge is 0.442 e. The molecule has 0 saturated carbocycles. The van der Waals surface area contributed by atoms with Gasteiger partial charge >= 0.3 is 12.3 Å². The Balaban J connectivity index is 1.67. The van der Waals surface area contributed by atoms with Gasteiger partial charge in [-0.15, -0.1) is 0 Å². The van der Waals surface area contributed by atoms with Crippen LogP contribution in [0.3, 0.4) is 0 Å². The number of ether oxygens (including phenoxy) is 1. The van der Waals surface area contributed by atoms with Gasteiger partial charge in [0.05, 0.1) is 19.6 Å². The van der Waals surface area contributed by atoms with Crippen molar-refractivity contribution in [2.45, 2.75) is 38.1 Å². The number of hydrogen-bond acceptors (Lipinski definition) is 6. The number of nitrogens with one attached hydrogen (secondary N) is 2. The SMILES string of the molecule is CC(=O)NCC1CN(c2ccc(N3CCN(C(NC=O)C(F)(F)F)C(C)(F)C3)cc2)C(=O)O1. The lowest BCUT2D eigenvalue weighted by Gasteiger charge is -2.48. The van der Waals surface area contributed by atoms with E-state index in [9.17, 15) is 27.6 Å². The third-order valence-electron chi connectivity index (χ3n) is 5.52. The highest BCUT2D eigenvalue weighted by atomic mass is 19.4. The Kier molecular flexibility index (Phi) is 7.00. The fraction of sp³-hybridized carbons (Fsp3) is 0.550. The molecule has 2 fully saturated rings. The van der Waals surface area contributed by atoms with Crippen LogP contribution in [0.25, 0.3) is 0 Å². The number of nitrogens with zero attached hydrogens (tertiary/aromatic N) is 3. The van der Waals surface area contributed by atoms with Crippen LogP contribution in [0.5, 0.6) is 0 Å². The van der Waals surface area contributed by atoms with Gasteiger partial charge in [0.25, 0.3) is 0 Å². The Morgan fingerprint density at radius 3 is 2.45 bits per heavy atom. The highest BCUT2D eigenvalue weighted by molar-refractivity contribution is 5.90. The second-order valence-electron chi connectivity index (χ2n) is 8.06. The maximum absolute atomic E-state index is 15.3. The van der Waals surface area contributed by atoms with Gasteiger partial charge in [0.15, 0.2) is 12.0 Å². The fourth-order valence-corrected chi connectivity index (χ4v) is 3.96. The van der Waals surface area contributed by atoms with E-state index in [4.69, 9.17) is 4.74 Å². The first-order chi connectivity index (χ1) is 15.4. The molecule has 2 aliphatic heterocycles. The molecule has 2 saturated heterocycles. The molecule has 13 heteroatoms. The van der Waals surface area contributed by atoms with Gasteiger partial charge in [-0.2, -0.15) is 13.2 Å². The van der Waals surface area contributed by atoms with Crippen molar-refractivity contribution in [2.75, 3.05) is 42.5 Å². The molecule has 3 unspecified atom stereocenters. The molecule has 3 amide bonds. The van der Waals surface area contributed by atoms with Crippen LogP contribution in [-0.2, 0) is 14.3 Å². The van der Waals surface area contributed by atoms with Gasteiger partial charge in [0.2, 0.25) is 12.3 Å². The summed E-state index contributed by atoms with van der Waals surface area (Å²) in [6.45, 7) is 2.28. The van der Waals surface area contributed by atoms with Gasteiger partial charge < -0.3 is 20.3 Å². The second kappa shape index (κ2) is 9.41. The van der Waals surface area contributed by atoms with Gasteiger partial charge in [0, 0.05) is 31.4 Å². The average Bonchev–Trinajstić information content (AvgIpc) is 3.10. The van der Waals surface area contributed by atoms with Gasteiger partial charge in [-0.05, 0) is 31.2 Å². The van der Waals surface area contributed by atoms with Crippen LogP contribution in [0.1, 0.15) is 13.8 Å². The number of anilines is 2. The summed E-state index contributed by atoms with van der Waals surface area (Å²) in [4.78, 5) is 37.4. The third kappa shape index (κ3) is 5.64. The summed E-state index contributed by atoms with van der Waals surface area (Å²) in [6.07, 6.45) is -8.42. The molecule has 0 spiro atoms. The molecular weight excluding hydrogens is 450 g/mol. The molecule has 0 aromatic heterocycles. The standard InChI is InChI=1S/C20H25F4N5O4/c1-13(31)25-9-16-10-28(18(32)33-16)15-5-3-14(4-6-15)27-7-8-29(19(2,21)11-27)17(26-12-30)20(22,23)24/h3-6,12,16-17H,7-11H2,1-2H3,(H,25,31)(H,26,30). The minimum Gasteiger partial charge on any atom is -0.442 e. The molecule has 2 aliphatic rings. The van der Waals surface area contributed by atoms with Crippen molar-refractivity contribution in [3.63, 3.8) is 0 Å². The van der Waals surface area contributed by atoms with E-state index in [1.54, 1.807) is 34.5 Å². The zero-order valence-corrected chi connectivity index (χ0v) is 18.1. The summed E-state index contributed by atoms with van der Waals surface area (Å²) in [7, 11) is 0. The van der Waals surface area contributed by atoms with E-state index in [-0.39, 0.29) is 45.0 Å². The average molecular weight is 475 g/mol. The summed E-state index contributed by atoms with van der Waals surface area (Å²) in [5.74, 6) is -2.61. The van der Waals surface area contributed by atoms with Crippen molar-refractivity contribution in [3.8, 4) is 0 Å². The van der Waals surface area contributed by atoms with Crippen LogP contribution in [0.15, 0.2) is 24.3 Å². The molecule has 33 heavy (non-hydrogen) atoms. The van der Waals surface area contributed by atoms with Gasteiger partial charge in [-0.25, -0.2) is 14.1 Å². The quantitative estimate of drug-likeness (QED) is 0.354. The Bertz CT molecular complexity index is 880. The molecule has 182 valence electrons. The summed E-state index contributed by atoms with van der Waals surface area (Å²) in [5, 5.41) is 4.24. The summed E-state index contributed by atoms with van der Waals surface area (Å²) >= 11 is 0. The number of benzene rings is 1. The number of hydrogen-bond donors (Lipinski definition) is 2. The van der Waals surface area contributed by atoms with E-state index in [1.807, 2.05) is 0 Å². The van der Waals surface area contributed by atoms with Crippen molar-refractivity contribution >= 4 is 29.8 Å². The Morgan fingerprint density at radius 1 is 1.27 bits per heavy atom. The van der Waals surface area contributed by atoms with Crippen LogP contribution in [0, 0.1) is 0 Å². The third-order valence-corrected chi connectivity index (χ3v) is 5.52. The Morgan fingerprint density at radius 2 is 1.91 bits per heavy atom. The number of amides is 3. The maximum Gasteiger partial charge on any atom is 0.422 e. The first-order valence-corrected chi connectivity index (χ1v) is 10.2. The number of halogens is 4. The van der Waals surface area contributed by atoms with E-state index in [0.717, 1.165) is 6.92 Å². The smallest absolute Gasteiger partial charge is 0.422 e. The fourth-order valence-electron chi connectivity index (χ4n) is 3.96. The van der Waals surface area contributed by atoms with Crippen LogP contribution < -0.4 is 20.4 Å². The zero-order chi connectivity index (χ0) is 24.4. The number of carbonyl (C=O) groups is 3. The number of carbonyl (C=O) groups excluding carboxylic acids is 3. The minimum atomic E-state index is -4.83. The molecule has 0 bridgehead atoms. The van der Waals surface area contributed by atoms with Gasteiger partial charge in [-0.3, -0.25) is 14.5 Å². The molecule has 3 atom stereocenters. The molecule has 9 nitrogen and oxygen atoms in total. The number of alkyl halides is 4.